The Kier molecular flexibility index (Phi) is 4.01. The van der Waals surface area contributed by atoms with Crippen LogP contribution >= 0.6 is 11.3 Å². The summed E-state index contributed by atoms with van der Waals surface area (Å²) in [4.78, 5) is 16.0. The van der Waals surface area contributed by atoms with E-state index in [1.165, 1.54) is 28.4 Å². The van der Waals surface area contributed by atoms with Crippen molar-refractivity contribution in [1.29, 1.82) is 0 Å². The van der Waals surface area contributed by atoms with Crippen LogP contribution in [0.4, 0.5) is 0 Å². The van der Waals surface area contributed by atoms with Crippen LogP contribution in [0, 0.1) is 6.92 Å². The van der Waals surface area contributed by atoms with Gasteiger partial charge in [-0.25, -0.2) is 14.5 Å². The fourth-order valence-electron chi connectivity index (χ4n) is 1.71. The van der Waals surface area contributed by atoms with E-state index in [0.29, 0.717) is 5.75 Å². The molecule has 110 valence electrons. The van der Waals surface area contributed by atoms with E-state index in [1.807, 2.05) is 12.3 Å². The molecule has 0 saturated heterocycles. The number of hydrogen-bond acceptors (Lipinski definition) is 7. The van der Waals surface area contributed by atoms with Crippen molar-refractivity contribution < 1.29 is 9.53 Å². The third kappa shape index (κ3) is 3.41. The molecule has 0 unspecified atom stereocenters. The van der Waals surface area contributed by atoms with Gasteiger partial charge in [0.1, 0.15) is 12.1 Å². The summed E-state index contributed by atoms with van der Waals surface area (Å²) in [5.41, 5.74) is 1.52. The molecule has 3 rings (SSSR count). The Morgan fingerprint density at radius 2 is 2.14 bits per heavy atom. The largest absolute Gasteiger partial charge is 0.423 e. The highest BCUT2D eigenvalue weighted by atomic mass is 32.1. The molecule has 2 aromatic heterocycles. The standard InChI is InChI=1S/C14H11N5O2S/c1-10-16-11(8-22-10)2-7-14(20)21-13-5-3-12(4-6-13)19-9-15-17-18-19/h2-9H,1H3/b7-2+. The van der Waals surface area contributed by atoms with Crippen LogP contribution < -0.4 is 4.74 Å². The van der Waals surface area contributed by atoms with E-state index in [4.69, 9.17) is 4.74 Å². The molecule has 0 aliphatic rings. The number of ether oxygens (including phenoxy) is 1. The van der Waals surface area contributed by atoms with Gasteiger partial charge in [-0.3, -0.25) is 0 Å². The maximum absolute atomic E-state index is 11.7. The highest BCUT2D eigenvalue weighted by molar-refractivity contribution is 7.09. The van der Waals surface area contributed by atoms with Gasteiger partial charge in [0.05, 0.1) is 16.4 Å². The lowest BCUT2D eigenvalue weighted by Crippen LogP contribution is -2.04. The fourth-order valence-corrected chi connectivity index (χ4v) is 2.29. The molecule has 0 N–H and O–H groups in total. The molecule has 0 aliphatic heterocycles. The second kappa shape index (κ2) is 6.27. The zero-order chi connectivity index (χ0) is 15.4. The molecule has 0 bridgehead atoms. The van der Waals surface area contributed by atoms with E-state index in [9.17, 15) is 4.79 Å². The van der Waals surface area contributed by atoms with Gasteiger partial charge in [-0.05, 0) is 47.7 Å². The highest BCUT2D eigenvalue weighted by Crippen LogP contribution is 2.15. The number of hydrogen-bond donors (Lipinski definition) is 0. The molecule has 0 aliphatic carbocycles. The maximum Gasteiger partial charge on any atom is 0.336 e. The monoisotopic (exact) mass is 313 g/mol. The molecule has 2 heterocycles. The van der Waals surface area contributed by atoms with Crippen LogP contribution in [0.1, 0.15) is 10.7 Å². The zero-order valence-corrected chi connectivity index (χ0v) is 12.4. The molecule has 1 aromatic carbocycles. The summed E-state index contributed by atoms with van der Waals surface area (Å²) in [6, 6.07) is 6.87. The van der Waals surface area contributed by atoms with Crippen molar-refractivity contribution >= 4 is 23.4 Å². The molecule has 8 heteroatoms. The van der Waals surface area contributed by atoms with E-state index in [0.717, 1.165) is 16.4 Å². The third-order valence-corrected chi connectivity index (χ3v) is 3.49. The Morgan fingerprint density at radius 1 is 1.32 bits per heavy atom. The lowest BCUT2D eigenvalue weighted by Gasteiger charge is -2.03. The zero-order valence-electron chi connectivity index (χ0n) is 11.6. The van der Waals surface area contributed by atoms with Crippen molar-refractivity contribution in [2.75, 3.05) is 0 Å². The average molecular weight is 313 g/mol. The predicted molar refractivity (Wildman–Crippen MR) is 80.7 cm³/mol. The molecule has 0 radical (unpaired) electrons. The maximum atomic E-state index is 11.7. The van der Waals surface area contributed by atoms with E-state index in [-0.39, 0.29) is 0 Å². The second-order valence-corrected chi connectivity index (χ2v) is 5.36. The first kappa shape index (κ1) is 14.1. The Hall–Kier alpha value is -2.87. The first-order valence-electron chi connectivity index (χ1n) is 6.36. The summed E-state index contributed by atoms with van der Waals surface area (Å²) in [5.74, 6) is -0.0123. The van der Waals surface area contributed by atoms with Gasteiger partial charge in [0.25, 0.3) is 0 Å². The Bertz CT molecular complexity index is 793. The summed E-state index contributed by atoms with van der Waals surface area (Å²) in [6.07, 6.45) is 4.46. The molecule has 7 nitrogen and oxygen atoms in total. The van der Waals surface area contributed by atoms with Gasteiger partial charge in [-0.1, -0.05) is 0 Å². The SMILES string of the molecule is Cc1nc(/C=C/C(=O)Oc2ccc(-n3cnnn3)cc2)cs1. The van der Waals surface area contributed by atoms with Crippen LogP contribution in [0.5, 0.6) is 5.75 Å². The van der Waals surface area contributed by atoms with E-state index in [1.54, 1.807) is 30.3 Å². The minimum absolute atomic E-state index is 0.445. The van der Waals surface area contributed by atoms with Gasteiger partial charge in [0, 0.05) is 11.5 Å². The summed E-state index contributed by atoms with van der Waals surface area (Å²) in [7, 11) is 0. The highest BCUT2D eigenvalue weighted by Gasteiger charge is 2.03. The summed E-state index contributed by atoms with van der Waals surface area (Å²) < 4.78 is 6.71. The Labute approximate surface area is 129 Å². The van der Waals surface area contributed by atoms with Crippen molar-refractivity contribution in [2.24, 2.45) is 0 Å². The number of esters is 1. The molecule has 0 fully saturated rings. The number of tetrazole rings is 1. The molecule has 0 spiro atoms. The van der Waals surface area contributed by atoms with Gasteiger partial charge in [-0.2, -0.15) is 0 Å². The number of carbonyl (C=O) groups excluding carboxylic acids is 1. The molecular weight excluding hydrogens is 302 g/mol. The minimum Gasteiger partial charge on any atom is -0.423 e. The van der Waals surface area contributed by atoms with Crippen LogP contribution in [-0.4, -0.2) is 31.2 Å². The number of carbonyl (C=O) groups is 1. The molecule has 3 aromatic rings. The minimum atomic E-state index is -0.458. The number of aromatic nitrogens is 5. The molecule has 0 saturated carbocycles. The van der Waals surface area contributed by atoms with Gasteiger partial charge in [-0.15, -0.1) is 16.4 Å². The van der Waals surface area contributed by atoms with Crippen molar-refractivity contribution in [1.82, 2.24) is 25.2 Å². The number of aryl methyl sites for hydroxylation is 1. The van der Waals surface area contributed by atoms with E-state index >= 15 is 0 Å². The number of nitrogens with zero attached hydrogens (tertiary/aromatic N) is 5. The fraction of sp³-hybridized carbons (Fsp3) is 0.0714. The lowest BCUT2D eigenvalue weighted by molar-refractivity contribution is -0.128. The van der Waals surface area contributed by atoms with Crippen LogP contribution in [0.3, 0.4) is 0 Å². The molecule has 0 atom stereocenters. The first-order chi connectivity index (χ1) is 10.7. The van der Waals surface area contributed by atoms with Gasteiger partial charge in [0.2, 0.25) is 0 Å². The number of rotatable bonds is 4. The summed E-state index contributed by atoms with van der Waals surface area (Å²) in [6.45, 7) is 1.91. The Balaban J connectivity index is 1.63. The van der Waals surface area contributed by atoms with Crippen molar-refractivity contribution in [3.63, 3.8) is 0 Å². The number of thiazole rings is 1. The molecule has 22 heavy (non-hydrogen) atoms. The Morgan fingerprint density at radius 3 is 2.77 bits per heavy atom. The van der Waals surface area contributed by atoms with Crippen molar-refractivity contribution in [3.05, 3.63) is 52.8 Å². The topological polar surface area (TPSA) is 82.8 Å². The van der Waals surface area contributed by atoms with E-state index in [2.05, 4.69) is 20.5 Å². The molecular formula is C14H11N5O2S. The normalized spacial score (nSPS) is 11.0. The smallest absolute Gasteiger partial charge is 0.336 e. The third-order valence-electron chi connectivity index (χ3n) is 2.70. The van der Waals surface area contributed by atoms with Crippen LogP contribution in [0.2, 0.25) is 0 Å². The number of benzene rings is 1. The first-order valence-corrected chi connectivity index (χ1v) is 7.24. The lowest BCUT2D eigenvalue weighted by atomic mass is 10.3. The molecule has 0 amide bonds. The van der Waals surface area contributed by atoms with Crippen LogP contribution in [-0.2, 0) is 4.79 Å². The van der Waals surface area contributed by atoms with E-state index < -0.39 is 5.97 Å². The van der Waals surface area contributed by atoms with Gasteiger partial charge in [0.15, 0.2) is 0 Å². The van der Waals surface area contributed by atoms with Gasteiger partial charge >= 0.3 is 5.97 Å². The summed E-state index contributed by atoms with van der Waals surface area (Å²) >= 11 is 1.53. The van der Waals surface area contributed by atoms with Gasteiger partial charge < -0.3 is 4.74 Å². The predicted octanol–water partition coefficient (Wildman–Crippen LogP) is 2.05. The second-order valence-electron chi connectivity index (χ2n) is 4.29. The quantitative estimate of drug-likeness (QED) is 0.416. The van der Waals surface area contributed by atoms with Crippen molar-refractivity contribution in [2.45, 2.75) is 6.92 Å². The summed E-state index contributed by atoms with van der Waals surface area (Å²) in [5, 5.41) is 13.7. The average Bonchev–Trinajstić information content (AvgIpc) is 3.17. The van der Waals surface area contributed by atoms with Crippen molar-refractivity contribution in [3.8, 4) is 11.4 Å². The van der Waals surface area contributed by atoms with Crippen LogP contribution in [0.25, 0.3) is 11.8 Å². The van der Waals surface area contributed by atoms with Crippen LogP contribution in [0.15, 0.2) is 42.0 Å².